The maximum absolute atomic E-state index is 10.0. The van der Waals surface area contributed by atoms with Crippen LogP contribution in [0.2, 0.25) is 0 Å². The highest BCUT2D eigenvalue weighted by atomic mass is 16.5. The van der Waals surface area contributed by atoms with E-state index in [9.17, 15) is 5.11 Å². The van der Waals surface area contributed by atoms with E-state index in [0.717, 1.165) is 42.9 Å². The van der Waals surface area contributed by atoms with Crippen LogP contribution in [-0.4, -0.2) is 40.2 Å². The van der Waals surface area contributed by atoms with E-state index in [1.165, 1.54) is 20.0 Å². The fraction of sp³-hybridized carbons (Fsp3) is 0.429. The largest absolute Gasteiger partial charge is 0.504 e. The van der Waals surface area contributed by atoms with Crippen LogP contribution in [0.4, 0.5) is 0 Å². The van der Waals surface area contributed by atoms with Crippen molar-refractivity contribution in [2.24, 2.45) is 0 Å². The maximum Gasteiger partial charge on any atom is 0.168 e. The van der Waals surface area contributed by atoms with Gasteiger partial charge in [-0.15, -0.1) is 0 Å². The summed E-state index contributed by atoms with van der Waals surface area (Å²) >= 11 is 0. The van der Waals surface area contributed by atoms with Gasteiger partial charge in [0.25, 0.3) is 0 Å². The van der Waals surface area contributed by atoms with Gasteiger partial charge in [-0.05, 0) is 37.8 Å². The minimum Gasteiger partial charge on any atom is -0.504 e. The normalized spacial score (nSPS) is 17.8. The number of nitrogens with zero attached hydrogens (tertiary/aromatic N) is 3. The summed E-state index contributed by atoms with van der Waals surface area (Å²) in [6.45, 7) is 1.52. The third kappa shape index (κ3) is 3.16. The van der Waals surface area contributed by atoms with Gasteiger partial charge in [-0.3, -0.25) is 9.67 Å². The van der Waals surface area contributed by atoms with E-state index in [4.69, 9.17) is 19.3 Å². The van der Waals surface area contributed by atoms with Crippen LogP contribution >= 0.6 is 0 Å². The molecule has 2 aliphatic rings. The Balaban J connectivity index is 1.55. The first-order chi connectivity index (χ1) is 13.7. The van der Waals surface area contributed by atoms with Gasteiger partial charge in [0.1, 0.15) is 11.4 Å². The molecule has 0 radical (unpaired) electrons. The van der Waals surface area contributed by atoms with Crippen molar-refractivity contribution >= 4 is 10.9 Å². The molecule has 0 spiro atoms. The predicted octanol–water partition coefficient (Wildman–Crippen LogP) is 4.17. The van der Waals surface area contributed by atoms with E-state index in [0.29, 0.717) is 29.0 Å². The third-order valence-electron chi connectivity index (χ3n) is 5.48. The summed E-state index contributed by atoms with van der Waals surface area (Å²) in [7, 11) is 1.53. The number of benzene rings is 1. The van der Waals surface area contributed by atoms with E-state index in [-0.39, 0.29) is 5.75 Å². The van der Waals surface area contributed by atoms with E-state index >= 15 is 0 Å². The monoisotopic (exact) mass is 381 g/mol. The zero-order chi connectivity index (χ0) is 19.1. The molecule has 146 valence electrons. The highest BCUT2D eigenvalue weighted by Gasteiger charge is 2.30. The zero-order valence-electron chi connectivity index (χ0n) is 15.8. The Morgan fingerprint density at radius 2 is 1.93 bits per heavy atom. The molecule has 1 aliphatic carbocycles. The first-order valence-electron chi connectivity index (χ1n) is 9.73. The molecule has 7 nitrogen and oxygen atoms in total. The highest BCUT2D eigenvalue weighted by molar-refractivity contribution is 5.88. The van der Waals surface area contributed by atoms with Gasteiger partial charge in [0.2, 0.25) is 0 Å². The fourth-order valence-corrected chi connectivity index (χ4v) is 3.75. The number of hydrogen-bond acceptors (Lipinski definition) is 6. The molecule has 1 aliphatic heterocycles. The minimum absolute atomic E-state index is 0.0593. The van der Waals surface area contributed by atoms with Crippen LogP contribution in [0.25, 0.3) is 10.9 Å². The predicted molar refractivity (Wildman–Crippen MR) is 103 cm³/mol. The van der Waals surface area contributed by atoms with Crippen LogP contribution in [-0.2, 0) is 4.74 Å². The molecule has 5 rings (SSSR count). The fourth-order valence-electron chi connectivity index (χ4n) is 3.75. The Morgan fingerprint density at radius 1 is 1.11 bits per heavy atom. The van der Waals surface area contributed by atoms with Crippen molar-refractivity contribution in [3.63, 3.8) is 0 Å². The summed E-state index contributed by atoms with van der Waals surface area (Å²) in [5.74, 6) is 2.26. The first-order valence-corrected chi connectivity index (χ1v) is 9.73. The summed E-state index contributed by atoms with van der Waals surface area (Å²) in [6.07, 6.45) is 7.95. The molecule has 0 bridgehead atoms. The summed E-state index contributed by atoms with van der Waals surface area (Å²) < 4.78 is 19.2. The second-order valence-electron chi connectivity index (χ2n) is 7.43. The number of hydrogen-bond donors (Lipinski definition) is 1. The van der Waals surface area contributed by atoms with Crippen LogP contribution in [0.3, 0.4) is 0 Å². The Hall–Kier alpha value is -2.80. The number of ether oxygens (including phenoxy) is 3. The molecule has 0 amide bonds. The summed E-state index contributed by atoms with van der Waals surface area (Å²) in [6, 6.07) is 5.67. The second-order valence-corrected chi connectivity index (χ2v) is 7.43. The minimum atomic E-state index is 0.0593. The van der Waals surface area contributed by atoms with Crippen LogP contribution in [0.5, 0.6) is 23.0 Å². The number of phenolic OH excluding ortho intramolecular Hbond substituents is 1. The van der Waals surface area contributed by atoms with E-state index in [2.05, 4.69) is 9.67 Å². The lowest BCUT2D eigenvalue weighted by atomic mass is 9.96. The van der Waals surface area contributed by atoms with Gasteiger partial charge < -0.3 is 19.3 Å². The molecule has 3 heterocycles. The first kappa shape index (κ1) is 17.3. The molecule has 28 heavy (non-hydrogen) atoms. The van der Waals surface area contributed by atoms with Crippen molar-refractivity contribution in [1.29, 1.82) is 0 Å². The van der Waals surface area contributed by atoms with Gasteiger partial charge in [0, 0.05) is 36.8 Å². The van der Waals surface area contributed by atoms with Crippen LogP contribution in [0, 0.1) is 0 Å². The van der Waals surface area contributed by atoms with Crippen molar-refractivity contribution < 1.29 is 19.3 Å². The smallest absolute Gasteiger partial charge is 0.168 e. The quantitative estimate of drug-likeness (QED) is 0.715. The molecule has 1 aromatic carbocycles. The lowest BCUT2D eigenvalue weighted by Crippen LogP contribution is -2.15. The lowest BCUT2D eigenvalue weighted by Gasteiger charge is -2.21. The van der Waals surface area contributed by atoms with Crippen molar-refractivity contribution in [1.82, 2.24) is 14.8 Å². The number of aromatic hydroxyl groups is 1. The summed E-state index contributed by atoms with van der Waals surface area (Å²) in [5, 5.41) is 15.7. The molecule has 0 unspecified atom stereocenters. The van der Waals surface area contributed by atoms with Crippen LogP contribution < -0.4 is 9.47 Å². The molecule has 7 heteroatoms. The topological polar surface area (TPSA) is 78.6 Å². The SMILES string of the molecule is COc1cc2c(Oc3cn(C4CC4)nc3C3CCOCC3)ccnc2cc1O. The van der Waals surface area contributed by atoms with Crippen LogP contribution in [0.1, 0.15) is 43.3 Å². The maximum atomic E-state index is 10.0. The Bertz CT molecular complexity index is 1010. The van der Waals surface area contributed by atoms with E-state index < -0.39 is 0 Å². The molecule has 3 aromatic rings. The van der Waals surface area contributed by atoms with Crippen molar-refractivity contribution in [2.45, 2.75) is 37.6 Å². The number of methoxy groups -OCH3 is 1. The number of pyridine rings is 1. The van der Waals surface area contributed by atoms with Gasteiger partial charge in [-0.25, -0.2) is 0 Å². The average Bonchev–Trinajstić information content (AvgIpc) is 3.49. The molecular formula is C21H23N3O4. The van der Waals surface area contributed by atoms with Crippen molar-refractivity contribution in [2.75, 3.05) is 20.3 Å². The van der Waals surface area contributed by atoms with Crippen molar-refractivity contribution in [3.05, 3.63) is 36.3 Å². The summed E-state index contributed by atoms with van der Waals surface area (Å²) in [5.41, 5.74) is 1.66. The standard InChI is InChI=1S/C21H23N3O4/c1-26-19-10-15-16(11-17(19)25)22-7-4-18(15)28-20-12-24(14-2-3-14)23-21(20)13-5-8-27-9-6-13/h4,7,10-14,25H,2-3,5-6,8-9H2,1H3. The van der Waals surface area contributed by atoms with Gasteiger partial charge >= 0.3 is 0 Å². The molecule has 0 atom stereocenters. The van der Waals surface area contributed by atoms with Crippen LogP contribution in [0.15, 0.2) is 30.6 Å². The Labute approximate surface area is 162 Å². The second kappa shape index (κ2) is 6.98. The third-order valence-corrected chi connectivity index (χ3v) is 5.48. The Kier molecular flexibility index (Phi) is 4.31. The molecule has 1 saturated heterocycles. The lowest BCUT2D eigenvalue weighted by molar-refractivity contribution is 0.0839. The van der Waals surface area contributed by atoms with E-state index in [1.807, 2.05) is 12.3 Å². The van der Waals surface area contributed by atoms with Gasteiger partial charge in [0.15, 0.2) is 17.2 Å². The number of fused-ring (bicyclic) bond motifs is 1. The highest BCUT2D eigenvalue weighted by Crippen LogP contribution is 2.42. The number of phenols is 1. The number of rotatable bonds is 5. The average molecular weight is 381 g/mol. The molecule has 1 N–H and O–H groups in total. The van der Waals surface area contributed by atoms with Gasteiger partial charge in [0.05, 0.1) is 24.9 Å². The number of aromatic nitrogens is 3. The van der Waals surface area contributed by atoms with E-state index in [1.54, 1.807) is 18.3 Å². The molecule has 2 aromatic heterocycles. The zero-order valence-corrected chi connectivity index (χ0v) is 15.8. The Morgan fingerprint density at radius 3 is 2.68 bits per heavy atom. The van der Waals surface area contributed by atoms with Crippen molar-refractivity contribution in [3.8, 4) is 23.0 Å². The van der Waals surface area contributed by atoms with Gasteiger partial charge in [-0.1, -0.05) is 0 Å². The summed E-state index contributed by atoms with van der Waals surface area (Å²) in [4.78, 5) is 4.34. The molecule has 1 saturated carbocycles. The van der Waals surface area contributed by atoms with Gasteiger partial charge in [-0.2, -0.15) is 5.10 Å². The molecule has 2 fully saturated rings. The molecular weight excluding hydrogens is 358 g/mol.